The van der Waals surface area contributed by atoms with Gasteiger partial charge < -0.3 is 20.5 Å². The molecule has 0 aromatic heterocycles. The number of amides is 2. The van der Waals surface area contributed by atoms with Crippen LogP contribution in [-0.2, 0) is 14.3 Å². The van der Waals surface area contributed by atoms with Gasteiger partial charge in [0.25, 0.3) is 0 Å². The lowest BCUT2D eigenvalue weighted by Gasteiger charge is -2.21. The number of carbonyl (C=O) groups excluding carboxylic acids is 2. The molecule has 3 rings (SSSR count). The maximum atomic E-state index is 12.5. The molecule has 0 bridgehead atoms. The number of carboxylic acids is 1. The van der Waals surface area contributed by atoms with Crippen molar-refractivity contribution in [3.63, 3.8) is 0 Å². The van der Waals surface area contributed by atoms with Crippen molar-refractivity contribution in [1.82, 2.24) is 10.6 Å². The van der Waals surface area contributed by atoms with Gasteiger partial charge in [0.2, 0.25) is 5.91 Å². The average Bonchev–Trinajstić information content (AvgIpc) is 3.14. The maximum Gasteiger partial charge on any atom is 0.407 e. The summed E-state index contributed by atoms with van der Waals surface area (Å²) in [7, 11) is 0. The summed E-state index contributed by atoms with van der Waals surface area (Å²) in [5.41, 5.74) is 4.61. The van der Waals surface area contributed by atoms with Crippen LogP contribution >= 0.6 is 0 Å². The van der Waals surface area contributed by atoms with Crippen LogP contribution in [-0.4, -0.2) is 42.3 Å². The van der Waals surface area contributed by atoms with E-state index >= 15 is 0 Å². The molecule has 186 valence electrons. The third kappa shape index (κ3) is 6.94. The fourth-order valence-corrected chi connectivity index (χ4v) is 4.69. The first-order valence-corrected chi connectivity index (χ1v) is 12.0. The molecular weight excluding hydrogens is 444 g/mol. The van der Waals surface area contributed by atoms with Crippen LogP contribution in [0.4, 0.5) is 4.79 Å². The van der Waals surface area contributed by atoms with Gasteiger partial charge in [0.1, 0.15) is 12.6 Å². The molecule has 0 spiro atoms. The van der Waals surface area contributed by atoms with E-state index in [4.69, 9.17) is 4.74 Å². The van der Waals surface area contributed by atoms with Gasteiger partial charge in [-0.3, -0.25) is 4.79 Å². The fraction of sp³-hybridized carbons (Fsp3) is 0.393. The molecule has 0 radical (unpaired) electrons. The summed E-state index contributed by atoms with van der Waals surface area (Å²) >= 11 is 0. The van der Waals surface area contributed by atoms with E-state index in [1.807, 2.05) is 38.1 Å². The number of ether oxygens (including phenoxy) is 1. The number of carboxylic acid groups (broad SMARTS) is 1. The highest BCUT2D eigenvalue weighted by molar-refractivity contribution is 5.84. The lowest BCUT2D eigenvalue weighted by Crippen LogP contribution is -2.42. The molecule has 2 atom stereocenters. The Morgan fingerprint density at radius 2 is 1.66 bits per heavy atom. The summed E-state index contributed by atoms with van der Waals surface area (Å²) in [5, 5.41) is 14.6. The monoisotopic (exact) mass is 478 g/mol. The van der Waals surface area contributed by atoms with E-state index in [0.717, 1.165) is 22.3 Å². The first kappa shape index (κ1) is 26.0. The number of hydrogen-bond donors (Lipinski definition) is 3. The van der Waals surface area contributed by atoms with Crippen molar-refractivity contribution in [2.24, 2.45) is 11.8 Å². The summed E-state index contributed by atoms with van der Waals surface area (Å²) in [6.45, 7) is 8.09. The second-order valence-corrected chi connectivity index (χ2v) is 9.39. The maximum absolute atomic E-state index is 12.5. The normalized spacial score (nSPS) is 13.9. The summed E-state index contributed by atoms with van der Waals surface area (Å²) in [6.07, 6.45) is 1.90. The molecule has 0 fully saturated rings. The van der Waals surface area contributed by atoms with Crippen LogP contribution in [0.15, 0.2) is 61.2 Å². The molecule has 35 heavy (non-hydrogen) atoms. The molecule has 2 aromatic carbocycles. The second kappa shape index (κ2) is 12.2. The minimum atomic E-state index is -1.10. The Morgan fingerprint density at radius 3 is 2.20 bits per heavy atom. The van der Waals surface area contributed by atoms with E-state index in [9.17, 15) is 19.5 Å². The molecule has 0 saturated carbocycles. The minimum Gasteiger partial charge on any atom is -0.480 e. The molecule has 0 aliphatic heterocycles. The highest BCUT2D eigenvalue weighted by atomic mass is 16.5. The van der Waals surface area contributed by atoms with Crippen LogP contribution in [0.3, 0.4) is 0 Å². The number of aliphatic carboxylic acids is 1. The SMILES string of the molecule is C=CCC(NC(=O)CC(CNC(=O)OCC1c2ccccc2-c2ccccc21)CC(C)C)C(=O)O. The molecule has 7 nitrogen and oxygen atoms in total. The molecule has 0 saturated heterocycles. The standard InChI is InChI=1S/C28H34N2O5/c1-4-9-25(27(32)33)30-26(31)15-19(14-18(2)3)16-29-28(34)35-17-24-22-12-7-5-10-20(22)21-11-6-8-13-23(21)24/h4-8,10-13,18-19,24-25H,1,9,14-17H2,2-3H3,(H,29,34)(H,30,31)(H,32,33). The van der Waals surface area contributed by atoms with Crippen LogP contribution in [0.5, 0.6) is 0 Å². The van der Waals surface area contributed by atoms with Gasteiger partial charge in [0.05, 0.1) is 0 Å². The Hall–Kier alpha value is -3.61. The summed E-state index contributed by atoms with van der Waals surface area (Å²) in [6, 6.07) is 15.3. The van der Waals surface area contributed by atoms with E-state index in [2.05, 4.69) is 41.5 Å². The Labute approximate surface area is 206 Å². The number of nitrogens with one attached hydrogen (secondary N) is 2. The predicted molar refractivity (Wildman–Crippen MR) is 135 cm³/mol. The largest absolute Gasteiger partial charge is 0.480 e. The molecule has 3 N–H and O–H groups in total. The van der Waals surface area contributed by atoms with Gasteiger partial charge in [-0.15, -0.1) is 6.58 Å². The first-order chi connectivity index (χ1) is 16.8. The molecule has 1 aliphatic carbocycles. The Bertz CT molecular complexity index is 1020. The lowest BCUT2D eigenvalue weighted by atomic mass is 9.93. The summed E-state index contributed by atoms with van der Waals surface area (Å²) in [5.74, 6) is -1.33. The number of rotatable bonds is 12. The van der Waals surface area contributed by atoms with Crippen LogP contribution < -0.4 is 10.6 Å². The Kier molecular flexibility index (Phi) is 9.06. The van der Waals surface area contributed by atoms with Gasteiger partial charge in [-0.1, -0.05) is 68.5 Å². The number of hydrogen-bond acceptors (Lipinski definition) is 4. The van der Waals surface area contributed by atoms with Crippen molar-refractivity contribution < 1.29 is 24.2 Å². The van der Waals surface area contributed by atoms with E-state index in [0.29, 0.717) is 12.3 Å². The first-order valence-electron chi connectivity index (χ1n) is 12.0. The number of fused-ring (bicyclic) bond motifs is 3. The van der Waals surface area contributed by atoms with Gasteiger partial charge in [-0.2, -0.15) is 0 Å². The van der Waals surface area contributed by atoms with E-state index in [-0.39, 0.29) is 43.7 Å². The van der Waals surface area contributed by atoms with Gasteiger partial charge >= 0.3 is 12.1 Å². The van der Waals surface area contributed by atoms with Crippen molar-refractivity contribution in [1.29, 1.82) is 0 Å². The number of alkyl carbamates (subject to hydrolysis) is 1. The van der Waals surface area contributed by atoms with Crippen LogP contribution in [0.25, 0.3) is 11.1 Å². The smallest absolute Gasteiger partial charge is 0.407 e. The van der Waals surface area contributed by atoms with E-state index < -0.39 is 18.1 Å². The van der Waals surface area contributed by atoms with Crippen LogP contribution in [0, 0.1) is 11.8 Å². The molecule has 7 heteroatoms. The van der Waals surface area contributed by atoms with Crippen molar-refractivity contribution in [2.45, 2.75) is 45.1 Å². The van der Waals surface area contributed by atoms with Crippen molar-refractivity contribution in [3.8, 4) is 11.1 Å². The number of benzene rings is 2. The van der Waals surface area contributed by atoms with Crippen LogP contribution in [0.1, 0.15) is 50.2 Å². The topological polar surface area (TPSA) is 105 Å². The zero-order chi connectivity index (χ0) is 25.4. The predicted octanol–water partition coefficient (Wildman–Crippen LogP) is 4.72. The van der Waals surface area contributed by atoms with Gasteiger partial charge in [-0.25, -0.2) is 9.59 Å². The lowest BCUT2D eigenvalue weighted by molar-refractivity contribution is -0.141. The van der Waals surface area contributed by atoms with Gasteiger partial charge in [-0.05, 0) is 46.9 Å². The van der Waals surface area contributed by atoms with Crippen molar-refractivity contribution >= 4 is 18.0 Å². The zero-order valence-electron chi connectivity index (χ0n) is 20.3. The minimum absolute atomic E-state index is 0.0248. The third-order valence-electron chi connectivity index (χ3n) is 6.19. The Balaban J connectivity index is 1.55. The van der Waals surface area contributed by atoms with Crippen molar-refractivity contribution in [2.75, 3.05) is 13.2 Å². The molecule has 0 heterocycles. The fourth-order valence-electron chi connectivity index (χ4n) is 4.69. The molecule has 2 aromatic rings. The molecule has 2 amide bonds. The summed E-state index contributed by atoms with van der Waals surface area (Å²) < 4.78 is 5.59. The average molecular weight is 479 g/mol. The summed E-state index contributed by atoms with van der Waals surface area (Å²) in [4.78, 5) is 36.3. The Morgan fingerprint density at radius 1 is 1.06 bits per heavy atom. The van der Waals surface area contributed by atoms with Crippen LogP contribution in [0.2, 0.25) is 0 Å². The van der Waals surface area contributed by atoms with E-state index in [1.165, 1.54) is 6.08 Å². The van der Waals surface area contributed by atoms with Gasteiger partial charge in [0, 0.05) is 18.9 Å². The zero-order valence-corrected chi connectivity index (χ0v) is 20.3. The van der Waals surface area contributed by atoms with Crippen molar-refractivity contribution in [3.05, 3.63) is 72.3 Å². The van der Waals surface area contributed by atoms with Gasteiger partial charge in [0.15, 0.2) is 0 Å². The quantitative estimate of drug-likeness (QED) is 0.383. The molecule has 1 aliphatic rings. The highest BCUT2D eigenvalue weighted by Gasteiger charge is 2.29. The number of carbonyl (C=O) groups is 3. The molecule has 2 unspecified atom stereocenters. The molecular formula is C28H34N2O5. The highest BCUT2D eigenvalue weighted by Crippen LogP contribution is 2.44. The van der Waals surface area contributed by atoms with E-state index in [1.54, 1.807) is 0 Å². The second-order valence-electron chi connectivity index (χ2n) is 9.39. The third-order valence-corrected chi connectivity index (χ3v) is 6.19.